The largest absolute Gasteiger partial charge is 0.354 e. The third-order valence-corrected chi connectivity index (χ3v) is 0.924. The monoisotopic (exact) mass is 126 g/mol. The van der Waals surface area contributed by atoms with Crippen molar-refractivity contribution in [2.24, 2.45) is 4.99 Å². The second kappa shape index (κ2) is 7.21. The molecular formula is C7H14N2. The van der Waals surface area contributed by atoms with E-state index in [0.717, 1.165) is 13.0 Å². The van der Waals surface area contributed by atoms with Gasteiger partial charge in [-0.25, -0.2) is 0 Å². The first-order valence-electron chi connectivity index (χ1n) is 3.27. The van der Waals surface area contributed by atoms with Crippen LogP contribution in [0.2, 0.25) is 0 Å². The minimum atomic E-state index is 0.914. The number of unbranched alkanes of at least 4 members (excludes halogenated alkanes) is 1. The van der Waals surface area contributed by atoms with Crippen molar-refractivity contribution < 1.29 is 0 Å². The minimum Gasteiger partial charge on any atom is -0.354 e. The summed E-state index contributed by atoms with van der Waals surface area (Å²) in [5.41, 5.74) is 0. The summed E-state index contributed by atoms with van der Waals surface area (Å²) in [5.74, 6) is 0. The quantitative estimate of drug-likeness (QED) is 0.337. The van der Waals surface area contributed by atoms with Gasteiger partial charge in [-0.05, 0) is 12.6 Å². The first-order valence-corrected chi connectivity index (χ1v) is 3.27. The summed E-state index contributed by atoms with van der Waals surface area (Å²) in [6.45, 7) is 6.54. The lowest BCUT2D eigenvalue weighted by Gasteiger charge is -1.88. The second-order valence-corrected chi connectivity index (χ2v) is 1.76. The summed E-state index contributed by atoms with van der Waals surface area (Å²) in [4.78, 5) is 4.04. The van der Waals surface area contributed by atoms with E-state index in [0.29, 0.717) is 0 Å². The van der Waals surface area contributed by atoms with Crippen molar-refractivity contribution in [2.45, 2.75) is 19.8 Å². The van der Waals surface area contributed by atoms with Crippen LogP contribution in [0.4, 0.5) is 0 Å². The fourth-order valence-corrected chi connectivity index (χ4v) is 0.419. The van der Waals surface area contributed by atoms with Crippen LogP contribution in [-0.2, 0) is 0 Å². The third-order valence-electron chi connectivity index (χ3n) is 0.924. The zero-order chi connectivity index (χ0) is 6.95. The topological polar surface area (TPSA) is 24.4 Å². The molecule has 52 valence electrons. The highest BCUT2D eigenvalue weighted by Crippen LogP contribution is 1.84. The summed E-state index contributed by atoms with van der Waals surface area (Å²) in [6, 6.07) is 0. The molecule has 2 nitrogen and oxygen atoms in total. The Bertz CT molecular complexity index is 86.9. The van der Waals surface area contributed by atoms with E-state index in [4.69, 9.17) is 0 Å². The zero-order valence-electron chi connectivity index (χ0n) is 5.93. The van der Waals surface area contributed by atoms with Crippen molar-refractivity contribution in [3.63, 3.8) is 0 Å². The first kappa shape index (κ1) is 8.21. The average molecular weight is 126 g/mol. The van der Waals surface area contributed by atoms with Crippen LogP contribution in [-0.4, -0.2) is 12.9 Å². The molecule has 0 saturated heterocycles. The molecule has 0 bridgehead atoms. The van der Waals surface area contributed by atoms with Gasteiger partial charge in [-0.3, -0.25) is 4.99 Å². The molecule has 0 atom stereocenters. The van der Waals surface area contributed by atoms with Gasteiger partial charge in [-0.1, -0.05) is 19.9 Å². The van der Waals surface area contributed by atoms with Crippen LogP contribution in [0, 0.1) is 0 Å². The second-order valence-electron chi connectivity index (χ2n) is 1.76. The Hall–Kier alpha value is -0.790. The van der Waals surface area contributed by atoms with E-state index in [1.54, 1.807) is 12.5 Å². The number of hydrogen-bond donors (Lipinski definition) is 1. The lowest BCUT2D eigenvalue weighted by molar-refractivity contribution is 0.808. The molecule has 0 radical (unpaired) electrons. The summed E-state index contributed by atoms with van der Waals surface area (Å²) in [7, 11) is 0. The maximum absolute atomic E-state index is 4.04. The highest BCUT2D eigenvalue weighted by atomic mass is 14.9. The van der Waals surface area contributed by atoms with E-state index >= 15 is 0 Å². The van der Waals surface area contributed by atoms with E-state index in [9.17, 15) is 0 Å². The van der Waals surface area contributed by atoms with E-state index in [-0.39, 0.29) is 0 Å². The van der Waals surface area contributed by atoms with Crippen molar-refractivity contribution in [2.75, 3.05) is 6.54 Å². The van der Waals surface area contributed by atoms with Crippen LogP contribution >= 0.6 is 0 Å². The van der Waals surface area contributed by atoms with Gasteiger partial charge >= 0.3 is 0 Å². The van der Waals surface area contributed by atoms with Gasteiger partial charge in [0.25, 0.3) is 0 Å². The maximum Gasteiger partial charge on any atom is 0.0863 e. The molecule has 0 aliphatic rings. The minimum absolute atomic E-state index is 0.914. The summed E-state index contributed by atoms with van der Waals surface area (Å²) < 4.78 is 0. The van der Waals surface area contributed by atoms with Crippen molar-refractivity contribution in [1.29, 1.82) is 0 Å². The van der Waals surface area contributed by atoms with Crippen LogP contribution in [0.25, 0.3) is 0 Å². The molecule has 0 fully saturated rings. The summed E-state index contributed by atoms with van der Waals surface area (Å²) in [6.07, 6.45) is 5.64. The van der Waals surface area contributed by atoms with E-state index < -0.39 is 0 Å². The van der Waals surface area contributed by atoms with Gasteiger partial charge in [0.1, 0.15) is 0 Å². The van der Waals surface area contributed by atoms with Gasteiger partial charge in [-0.2, -0.15) is 0 Å². The molecule has 9 heavy (non-hydrogen) atoms. The molecule has 0 aliphatic carbocycles. The fourth-order valence-electron chi connectivity index (χ4n) is 0.419. The van der Waals surface area contributed by atoms with Crippen LogP contribution in [0.3, 0.4) is 0 Å². The van der Waals surface area contributed by atoms with Gasteiger partial charge in [0, 0.05) is 6.54 Å². The van der Waals surface area contributed by atoms with Gasteiger partial charge in [0.15, 0.2) is 0 Å². The van der Waals surface area contributed by atoms with Gasteiger partial charge in [0.2, 0.25) is 0 Å². The Balaban J connectivity index is 2.94. The molecule has 0 heterocycles. The molecule has 0 aromatic carbocycles. The Morgan fingerprint density at radius 2 is 2.44 bits per heavy atom. The Labute approximate surface area is 56.7 Å². The number of hydrogen-bond acceptors (Lipinski definition) is 1. The van der Waals surface area contributed by atoms with Crippen LogP contribution in [0.15, 0.2) is 17.8 Å². The van der Waals surface area contributed by atoms with Crippen molar-refractivity contribution in [1.82, 2.24) is 5.32 Å². The Morgan fingerprint density at radius 3 is 3.00 bits per heavy atom. The predicted molar refractivity (Wildman–Crippen MR) is 41.6 cm³/mol. The highest BCUT2D eigenvalue weighted by Gasteiger charge is 1.75. The van der Waals surface area contributed by atoms with E-state index in [2.05, 4.69) is 23.8 Å². The molecule has 0 rings (SSSR count). The molecule has 0 spiro atoms. The lowest BCUT2D eigenvalue weighted by Crippen LogP contribution is -1.99. The normalized spacial score (nSPS) is 9.89. The third kappa shape index (κ3) is 7.21. The van der Waals surface area contributed by atoms with Crippen molar-refractivity contribution in [3.8, 4) is 0 Å². The number of nitrogens with zero attached hydrogens (tertiary/aromatic N) is 1. The van der Waals surface area contributed by atoms with Crippen LogP contribution in [0.5, 0.6) is 0 Å². The van der Waals surface area contributed by atoms with Crippen LogP contribution in [0.1, 0.15) is 19.8 Å². The Morgan fingerprint density at radius 1 is 1.67 bits per heavy atom. The number of nitrogens with one attached hydrogen (secondary N) is 1. The summed E-state index contributed by atoms with van der Waals surface area (Å²) >= 11 is 0. The van der Waals surface area contributed by atoms with E-state index in [1.807, 2.05) is 0 Å². The van der Waals surface area contributed by atoms with E-state index in [1.165, 1.54) is 6.42 Å². The van der Waals surface area contributed by atoms with Crippen LogP contribution < -0.4 is 5.32 Å². The van der Waals surface area contributed by atoms with Gasteiger partial charge in [0.05, 0.1) is 6.34 Å². The average Bonchev–Trinajstić information content (AvgIpc) is 1.89. The molecular weight excluding hydrogens is 112 g/mol. The molecule has 0 aromatic heterocycles. The molecule has 0 aliphatic heterocycles. The number of aliphatic imine (C=N–C) groups is 1. The standard InChI is InChI=1S/C7H14N2/c1-3-5-6-9-7-8-4-2/h4,7H,2-3,5-6H2,1H3,(H,8,9). The maximum atomic E-state index is 4.04. The molecule has 0 aromatic rings. The van der Waals surface area contributed by atoms with Gasteiger partial charge < -0.3 is 5.32 Å². The molecule has 1 N–H and O–H groups in total. The molecule has 0 saturated carbocycles. The summed E-state index contributed by atoms with van der Waals surface area (Å²) in [5, 5.41) is 2.78. The first-order chi connectivity index (χ1) is 4.41. The fraction of sp³-hybridized carbons (Fsp3) is 0.571. The molecule has 0 amide bonds. The zero-order valence-corrected chi connectivity index (χ0v) is 5.93. The smallest absolute Gasteiger partial charge is 0.0863 e. The van der Waals surface area contributed by atoms with Gasteiger partial charge in [-0.15, -0.1) is 0 Å². The Kier molecular flexibility index (Phi) is 6.58. The number of rotatable bonds is 5. The van der Waals surface area contributed by atoms with Crippen molar-refractivity contribution in [3.05, 3.63) is 12.8 Å². The van der Waals surface area contributed by atoms with Crippen molar-refractivity contribution >= 4 is 6.34 Å². The molecule has 0 unspecified atom stereocenters. The predicted octanol–water partition coefficient (Wildman–Crippen LogP) is 1.55. The molecule has 2 heteroatoms. The SMILES string of the molecule is C=CNC=NCCCC. The highest BCUT2D eigenvalue weighted by molar-refractivity contribution is 5.55. The lowest BCUT2D eigenvalue weighted by atomic mass is 10.3.